The third-order valence-corrected chi connectivity index (χ3v) is 4.66. The van der Waals surface area contributed by atoms with E-state index in [4.69, 9.17) is 0 Å². The Morgan fingerprint density at radius 3 is 2.65 bits per heavy atom. The van der Waals surface area contributed by atoms with Crippen LogP contribution in [0.4, 0.5) is 0 Å². The van der Waals surface area contributed by atoms with E-state index < -0.39 is 10.8 Å². The summed E-state index contributed by atoms with van der Waals surface area (Å²) in [6.07, 6.45) is 1.92. The van der Waals surface area contributed by atoms with E-state index in [1.54, 1.807) is 16.7 Å². The molecule has 0 bridgehead atoms. The fraction of sp³-hybridized carbons (Fsp3) is 0.0769. The number of hydrogen-bond donors (Lipinski definition) is 0. The second-order valence-corrected chi connectivity index (χ2v) is 6.86. The Labute approximate surface area is 121 Å². The third kappa shape index (κ3) is 4.37. The summed E-state index contributed by atoms with van der Waals surface area (Å²) in [5.74, 6) is 0.581. The van der Waals surface area contributed by atoms with Gasteiger partial charge in [0.15, 0.2) is 0 Å². The van der Waals surface area contributed by atoms with Gasteiger partial charge in [-0.15, -0.1) is 0 Å². The number of rotatable bonds is 4. The first kappa shape index (κ1) is 13.0. The highest BCUT2D eigenvalue weighted by molar-refractivity contribution is 14.1. The summed E-state index contributed by atoms with van der Waals surface area (Å²) in [7, 11) is -0.941. The lowest BCUT2D eigenvalue weighted by Crippen LogP contribution is -1.91. The molecule has 0 amide bonds. The van der Waals surface area contributed by atoms with Crippen molar-refractivity contribution in [3.8, 4) is 0 Å². The first-order valence-electron chi connectivity index (χ1n) is 5.06. The topological polar surface area (TPSA) is 17.1 Å². The summed E-state index contributed by atoms with van der Waals surface area (Å²) in [5.41, 5.74) is 2.23. The van der Waals surface area contributed by atoms with Crippen LogP contribution in [0.25, 0.3) is 6.08 Å². The van der Waals surface area contributed by atoms with Gasteiger partial charge in [-0.1, -0.05) is 12.1 Å². The zero-order valence-corrected chi connectivity index (χ0v) is 12.8. The van der Waals surface area contributed by atoms with E-state index in [1.807, 2.05) is 47.2 Å². The molecule has 0 radical (unpaired) electrons. The lowest BCUT2D eigenvalue weighted by molar-refractivity contribution is 0.688. The Morgan fingerprint density at radius 2 is 2.00 bits per heavy atom. The van der Waals surface area contributed by atoms with Crippen LogP contribution in [0.15, 0.2) is 46.5 Å². The smallest absolute Gasteiger partial charge is 0.0526 e. The lowest BCUT2D eigenvalue weighted by atomic mass is 10.2. The molecule has 88 valence electrons. The molecule has 17 heavy (non-hydrogen) atoms. The predicted molar refractivity (Wildman–Crippen MR) is 84.4 cm³/mol. The van der Waals surface area contributed by atoms with Crippen LogP contribution in [-0.4, -0.2) is 4.21 Å². The van der Waals surface area contributed by atoms with Gasteiger partial charge in [0.05, 0.1) is 16.6 Å². The first-order valence-corrected chi connectivity index (χ1v) is 8.46. The molecule has 1 unspecified atom stereocenters. The molecule has 0 N–H and O–H groups in total. The second kappa shape index (κ2) is 6.47. The summed E-state index contributed by atoms with van der Waals surface area (Å²) in [5, 5.41) is 5.82. The lowest BCUT2D eigenvalue weighted by Gasteiger charge is -1.98. The maximum atomic E-state index is 11.8. The second-order valence-electron chi connectivity index (χ2n) is 3.51. The molecule has 4 heteroatoms. The van der Waals surface area contributed by atoms with Crippen molar-refractivity contribution in [1.29, 1.82) is 0 Å². The normalized spacial score (nSPS) is 13.0. The maximum absolute atomic E-state index is 11.8. The molecule has 1 aromatic heterocycles. The van der Waals surface area contributed by atoms with E-state index in [2.05, 4.69) is 22.6 Å². The van der Waals surface area contributed by atoms with Crippen molar-refractivity contribution in [3.63, 3.8) is 0 Å². The van der Waals surface area contributed by atoms with Gasteiger partial charge in [0, 0.05) is 8.98 Å². The van der Waals surface area contributed by atoms with E-state index in [0.29, 0.717) is 5.75 Å². The van der Waals surface area contributed by atoms with Crippen LogP contribution in [0.1, 0.15) is 11.1 Å². The molecule has 0 saturated heterocycles. The Bertz CT molecular complexity index is 515. The fourth-order valence-electron chi connectivity index (χ4n) is 1.32. The van der Waals surface area contributed by atoms with Gasteiger partial charge in [0.1, 0.15) is 0 Å². The largest absolute Gasteiger partial charge is 0.255 e. The summed E-state index contributed by atoms with van der Waals surface area (Å²) < 4.78 is 13.0. The summed E-state index contributed by atoms with van der Waals surface area (Å²) in [4.78, 5) is 0. The van der Waals surface area contributed by atoms with Crippen molar-refractivity contribution in [2.24, 2.45) is 0 Å². The average molecular weight is 374 g/mol. The minimum Gasteiger partial charge on any atom is -0.255 e. The van der Waals surface area contributed by atoms with Crippen LogP contribution in [0.3, 0.4) is 0 Å². The van der Waals surface area contributed by atoms with E-state index >= 15 is 0 Å². The standard InChI is InChI=1S/C13H11IOS2/c14-13-3-1-12(2-4-13)10-17(15)8-6-11-5-7-16-9-11/h1-9H,10H2/b8-6+. The van der Waals surface area contributed by atoms with Gasteiger partial charge in [-0.25, -0.2) is 0 Å². The molecular formula is C13H11IOS2. The summed E-state index contributed by atoms with van der Waals surface area (Å²) in [6, 6.07) is 10.1. The number of benzene rings is 1. The molecule has 1 aromatic carbocycles. The number of thiophene rings is 1. The summed E-state index contributed by atoms with van der Waals surface area (Å²) >= 11 is 3.91. The highest BCUT2D eigenvalue weighted by atomic mass is 127. The molecule has 0 aliphatic carbocycles. The minimum atomic E-state index is -0.941. The molecular weight excluding hydrogens is 363 g/mol. The van der Waals surface area contributed by atoms with Crippen LogP contribution >= 0.6 is 33.9 Å². The van der Waals surface area contributed by atoms with Crippen molar-refractivity contribution in [2.45, 2.75) is 5.75 Å². The quantitative estimate of drug-likeness (QED) is 0.731. The van der Waals surface area contributed by atoms with Crippen LogP contribution in [-0.2, 0) is 16.6 Å². The van der Waals surface area contributed by atoms with Crippen LogP contribution in [0.5, 0.6) is 0 Å². The average Bonchev–Trinajstić information content (AvgIpc) is 2.83. The molecule has 0 aliphatic rings. The van der Waals surface area contributed by atoms with Crippen molar-refractivity contribution >= 4 is 50.8 Å². The maximum Gasteiger partial charge on any atom is 0.0526 e. The Hall–Kier alpha value is -0.460. The van der Waals surface area contributed by atoms with E-state index in [0.717, 1.165) is 11.1 Å². The van der Waals surface area contributed by atoms with Gasteiger partial charge in [0.25, 0.3) is 0 Å². The number of halogens is 1. The van der Waals surface area contributed by atoms with E-state index in [1.165, 1.54) is 3.57 Å². The third-order valence-electron chi connectivity index (χ3n) is 2.18. The Morgan fingerprint density at radius 1 is 1.24 bits per heavy atom. The first-order chi connectivity index (χ1) is 8.24. The SMILES string of the molecule is O=S(/C=C/c1ccsc1)Cc1ccc(I)cc1. The van der Waals surface area contributed by atoms with E-state index in [9.17, 15) is 4.21 Å². The molecule has 0 aliphatic heterocycles. The highest BCUT2D eigenvalue weighted by Crippen LogP contribution is 2.11. The monoisotopic (exact) mass is 374 g/mol. The predicted octanol–water partition coefficient (Wildman–Crippen LogP) is 4.27. The van der Waals surface area contributed by atoms with Crippen LogP contribution in [0, 0.1) is 3.57 Å². The van der Waals surface area contributed by atoms with Crippen LogP contribution < -0.4 is 0 Å². The molecule has 0 spiro atoms. The van der Waals surface area contributed by atoms with Crippen molar-refractivity contribution in [3.05, 3.63) is 61.2 Å². The molecule has 0 fully saturated rings. The Balaban J connectivity index is 1.95. The van der Waals surface area contributed by atoms with Crippen molar-refractivity contribution in [1.82, 2.24) is 0 Å². The van der Waals surface area contributed by atoms with Gasteiger partial charge in [-0.3, -0.25) is 4.21 Å². The molecule has 2 aromatic rings. The van der Waals surface area contributed by atoms with Crippen molar-refractivity contribution in [2.75, 3.05) is 0 Å². The molecule has 0 saturated carbocycles. The summed E-state index contributed by atoms with van der Waals surface area (Å²) in [6.45, 7) is 0. The number of hydrogen-bond acceptors (Lipinski definition) is 2. The molecule has 2 rings (SSSR count). The van der Waals surface area contributed by atoms with Crippen LogP contribution in [0.2, 0.25) is 0 Å². The highest BCUT2D eigenvalue weighted by Gasteiger charge is 1.98. The van der Waals surface area contributed by atoms with E-state index in [-0.39, 0.29) is 0 Å². The fourth-order valence-corrected chi connectivity index (χ4v) is 3.23. The molecule has 1 heterocycles. The van der Waals surface area contributed by atoms with Crippen molar-refractivity contribution < 1.29 is 4.21 Å². The van der Waals surface area contributed by atoms with Gasteiger partial charge < -0.3 is 0 Å². The molecule has 1 nitrogen and oxygen atoms in total. The molecule has 1 atom stereocenters. The van der Waals surface area contributed by atoms with Gasteiger partial charge >= 0.3 is 0 Å². The Kier molecular flexibility index (Phi) is 4.94. The zero-order chi connectivity index (χ0) is 12.1. The van der Waals surface area contributed by atoms with Gasteiger partial charge in [-0.2, -0.15) is 11.3 Å². The zero-order valence-electron chi connectivity index (χ0n) is 9.01. The van der Waals surface area contributed by atoms with Gasteiger partial charge in [0.2, 0.25) is 0 Å². The van der Waals surface area contributed by atoms with Gasteiger partial charge in [-0.05, 0) is 68.8 Å². The minimum absolute atomic E-state index is 0.581.